The maximum atomic E-state index is 12.7. The van der Waals surface area contributed by atoms with Gasteiger partial charge in [0.15, 0.2) is 0 Å². The van der Waals surface area contributed by atoms with Crippen molar-refractivity contribution in [2.75, 3.05) is 0 Å². The highest BCUT2D eigenvalue weighted by Crippen LogP contribution is 2.41. The molecule has 4 nitrogen and oxygen atoms in total. The smallest absolute Gasteiger partial charge is 0.210 e. The fraction of sp³-hybridized carbons (Fsp3) is 0.250. The van der Waals surface area contributed by atoms with E-state index in [1.165, 1.54) is 4.91 Å². The molecule has 0 unspecified atom stereocenters. The number of benzene rings is 2. The lowest BCUT2D eigenvalue weighted by Crippen LogP contribution is -2.15. The van der Waals surface area contributed by atoms with E-state index in [2.05, 4.69) is 41.6 Å². The van der Waals surface area contributed by atoms with E-state index in [4.69, 9.17) is 4.74 Å². The lowest BCUT2D eigenvalue weighted by atomic mass is 9.93. The first-order chi connectivity index (χ1) is 14.2. The fourth-order valence-electron chi connectivity index (χ4n) is 3.57. The molecule has 29 heavy (non-hydrogen) atoms. The van der Waals surface area contributed by atoms with Crippen molar-refractivity contribution in [3.63, 3.8) is 0 Å². The molecule has 0 amide bonds. The van der Waals surface area contributed by atoms with Gasteiger partial charge in [0.25, 0.3) is 0 Å². The molecule has 0 bridgehead atoms. The van der Waals surface area contributed by atoms with Crippen molar-refractivity contribution in [1.82, 2.24) is 0 Å². The summed E-state index contributed by atoms with van der Waals surface area (Å²) in [6, 6.07) is 11.8. The predicted molar refractivity (Wildman–Crippen MR) is 117 cm³/mol. The SMILES string of the molecule is CCC/C(=N\O)C(=O)c1ccc2c(c1)-c1cc(SC3=CCCC=C3)ccc1CO2. The van der Waals surface area contributed by atoms with E-state index in [0.29, 0.717) is 18.6 Å². The summed E-state index contributed by atoms with van der Waals surface area (Å²) in [5, 5.41) is 12.4. The van der Waals surface area contributed by atoms with Gasteiger partial charge in [0.1, 0.15) is 18.1 Å². The Hall–Kier alpha value is -2.79. The van der Waals surface area contributed by atoms with Gasteiger partial charge in [0.05, 0.1) is 0 Å². The van der Waals surface area contributed by atoms with Crippen LogP contribution in [0.1, 0.15) is 48.5 Å². The quantitative estimate of drug-likeness (QED) is 0.262. The Labute approximate surface area is 175 Å². The Morgan fingerprint density at radius 2 is 2.07 bits per heavy atom. The number of carbonyl (C=O) groups is 1. The molecule has 1 N–H and O–H groups in total. The number of ether oxygens (including phenoxy) is 1. The number of oxime groups is 1. The minimum atomic E-state index is -0.243. The molecular weight excluding hydrogens is 382 g/mol. The molecule has 148 valence electrons. The normalized spacial score (nSPS) is 15.2. The summed E-state index contributed by atoms with van der Waals surface area (Å²) >= 11 is 1.75. The van der Waals surface area contributed by atoms with Crippen molar-refractivity contribution < 1.29 is 14.7 Å². The third kappa shape index (κ3) is 4.15. The van der Waals surface area contributed by atoms with Crippen LogP contribution in [-0.4, -0.2) is 16.7 Å². The van der Waals surface area contributed by atoms with Gasteiger partial charge in [0.2, 0.25) is 5.78 Å². The number of thioether (sulfide) groups is 1. The molecule has 4 rings (SSSR count). The van der Waals surface area contributed by atoms with Crippen molar-refractivity contribution in [2.45, 2.75) is 44.1 Å². The minimum Gasteiger partial charge on any atom is -0.488 e. The van der Waals surface area contributed by atoms with E-state index in [1.807, 2.05) is 19.1 Å². The fourth-order valence-corrected chi connectivity index (χ4v) is 4.52. The maximum Gasteiger partial charge on any atom is 0.210 e. The monoisotopic (exact) mass is 405 g/mol. The van der Waals surface area contributed by atoms with Crippen LogP contribution < -0.4 is 4.74 Å². The summed E-state index contributed by atoms with van der Waals surface area (Å²) in [5.74, 6) is 0.526. The highest BCUT2D eigenvalue weighted by Gasteiger charge is 2.21. The van der Waals surface area contributed by atoms with Crippen LogP contribution in [0.3, 0.4) is 0 Å². The number of carbonyl (C=O) groups excluding carboxylic acids is 1. The highest BCUT2D eigenvalue weighted by molar-refractivity contribution is 8.03. The summed E-state index contributed by atoms with van der Waals surface area (Å²) < 4.78 is 5.89. The van der Waals surface area contributed by atoms with E-state index in [1.54, 1.807) is 17.8 Å². The number of allylic oxidation sites excluding steroid dienone is 3. The summed E-state index contributed by atoms with van der Waals surface area (Å²) in [6.07, 6.45) is 10.0. The van der Waals surface area contributed by atoms with Crippen LogP contribution in [0.2, 0.25) is 0 Å². The van der Waals surface area contributed by atoms with Crippen LogP contribution in [0.15, 0.2) is 69.6 Å². The largest absolute Gasteiger partial charge is 0.488 e. The molecule has 2 aromatic carbocycles. The van der Waals surface area contributed by atoms with Crippen molar-refractivity contribution in [2.24, 2.45) is 5.16 Å². The number of rotatable bonds is 6. The predicted octanol–water partition coefficient (Wildman–Crippen LogP) is 6.39. The molecule has 1 heterocycles. The molecule has 2 aromatic rings. The first-order valence-electron chi connectivity index (χ1n) is 9.90. The number of fused-ring (bicyclic) bond motifs is 3. The zero-order valence-corrected chi connectivity index (χ0v) is 17.2. The van der Waals surface area contributed by atoms with E-state index in [9.17, 15) is 10.0 Å². The molecule has 0 aromatic heterocycles. The van der Waals surface area contributed by atoms with Crippen LogP contribution in [0.4, 0.5) is 0 Å². The van der Waals surface area contributed by atoms with E-state index in [-0.39, 0.29) is 11.5 Å². The topological polar surface area (TPSA) is 58.9 Å². The van der Waals surface area contributed by atoms with Crippen molar-refractivity contribution in [1.29, 1.82) is 0 Å². The summed E-state index contributed by atoms with van der Waals surface area (Å²) in [4.78, 5) is 15.2. The zero-order valence-electron chi connectivity index (χ0n) is 16.4. The Kier molecular flexibility index (Phi) is 5.86. The van der Waals surface area contributed by atoms with Gasteiger partial charge >= 0.3 is 0 Å². The molecule has 0 radical (unpaired) electrons. The zero-order chi connectivity index (χ0) is 20.2. The van der Waals surface area contributed by atoms with Crippen LogP contribution in [0.5, 0.6) is 5.75 Å². The van der Waals surface area contributed by atoms with Gasteiger partial charge < -0.3 is 9.94 Å². The molecule has 2 aliphatic rings. The third-order valence-electron chi connectivity index (χ3n) is 5.06. The van der Waals surface area contributed by atoms with E-state index >= 15 is 0 Å². The van der Waals surface area contributed by atoms with Gasteiger partial charge in [-0.2, -0.15) is 0 Å². The van der Waals surface area contributed by atoms with E-state index < -0.39 is 0 Å². The highest BCUT2D eigenvalue weighted by atomic mass is 32.2. The molecule has 0 saturated carbocycles. The number of hydrogen-bond acceptors (Lipinski definition) is 5. The van der Waals surface area contributed by atoms with Gasteiger partial charge in [-0.15, -0.1) is 0 Å². The molecule has 1 aliphatic carbocycles. The van der Waals surface area contributed by atoms with Crippen LogP contribution >= 0.6 is 11.8 Å². The van der Waals surface area contributed by atoms with Crippen molar-refractivity contribution in [3.05, 3.63) is 70.7 Å². The van der Waals surface area contributed by atoms with Crippen LogP contribution in [0, 0.1) is 0 Å². The average Bonchev–Trinajstić information content (AvgIpc) is 2.77. The van der Waals surface area contributed by atoms with Crippen molar-refractivity contribution >= 4 is 23.3 Å². The number of nitrogens with zero attached hydrogens (tertiary/aromatic N) is 1. The summed E-state index contributed by atoms with van der Waals surface area (Å²) in [7, 11) is 0. The second kappa shape index (κ2) is 8.70. The lowest BCUT2D eigenvalue weighted by molar-refractivity contribution is 0.105. The molecule has 0 saturated heterocycles. The second-order valence-corrected chi connectivity index (χ2v) is 8.28. The molecular formula is C24H23NO3S. The van der Waals surface area contributed by atoms with Gasteiger partial charge in [-0.25, -0.2) is 0 Å². The Morgan fingerprint density at radius 3 is 2.83 bits per heavy atom. The van der Waals surface area contributed by atoms with E-state index in [0.717, 1.165) is 46.6 Å². The molecule has 0 spiro atoms. The summed E-state index contributed by atoms with van der Waals surface area (Å²) in [5.41, 5.74) is 3.79. The number of ketones is 1. The second-order valence-electron chi connectivity index (χ2n) is 7.13. The Morgan fingerprint density at radius 1 is 1.17 bits per heavy atom. The van der Waals surface area contributed by atoms with Gasteiger partial charge in [-0.05, 0) is 60.7 Å². The van der Waals surface area contributed by atoms with Gasteiger partial charge in [0, 0.05) is 20.9 Å². The molecule has 5 heteroatoms. The molecule has 0 fully saturated rings. The Bertz CT molecular complexity index is 1040. The Balaban J connectivity index is 1.69. The van der Waals surface area contributed by atoms with Gasteiger partial charge in [-0.3, -0.25) is 4.79 Å². The maximum absolute atomic E-state index is 12.7. The van der Waals surface area contributed by atoms with Crippen molar-refractivity contribution in [3.8, 4) is 16.9 Å². The standard InChI is InChI=1S/C24H23NO3S/c1-2-6-22(25-27)24(26)16-10-12-23-21(13-16)20-14-19(11-9-17(20)15-28-23)29-18-7-4-3-5-8-18/h4,7-14,27H,2-3,5-6,15H2,1H3/b25-22+. The first kappa shape index (κ1) is 19.5. The average molecular weight is 406 g/mol. The molecule has 1 aliphatic heterocycles. The summed E-state index contributed by atoms with van der Waals surface area (Å²) in [6.45, 7) is 2.47. The van der Waals surface area contributed by atoms with Crippen LogP contribution in [0.25, 0.3) is 11.1 Å². The van der Waals surface area contributed by atoms with Crippen LogP contribution in [-0.2, 0) is 6.61 Å². The number of Topliss-reactive ketones (excluding diaryl/α,β-unsaturated/α-hetero) is 1. The minimum absolute atomic E-state index is 0.185. The lowest BCUT2D eigenvalue weighted by Gasteiger charge is -2.22. The molecule has 0 atom stereocenters. The number of hydrogen-bond donors (Lipinski definition) is 1. The third-order valence-corrected chi connectivity index (χ3v) is 6.09. The van der Waals surface area contributed by atoms with Gasteiger partial charge in [-0.1, -0.05) is 54.6 Å². The first-order valence-corrected chi connectivity index (χ1v) is 10.7.